The van der Waals surface area contributed by atoms with Gasteiger partial charge in [-0.15, -0.1) is 0 Å². The SMILES string of the molecule is OC[C@H]1O[C@@H](OCCCCCCCCCCC(F)(F)C(F)(F)C(F)(F)C(F)(F)C(F)(F)C(F)(F)F)[C@H](O)[C@@H](O)[C@@H]1O. The average Bonchev–Trinajstić information content (AvgIpc) is 2.85. The van der Waals surface area contributed by atoms with Gasteiger partial charge in [0.1, 0.15) is 24.4 Å². The molecular weight excluding hydrogens is 607 g/mol. The molecule has 6 nitrogen and oxygen atoms in total. The Kier molecular flexibility index (Phi) is 13.0. The van der Waals surface area contributed by atoms with E-state index < -0.39 is 85.9 Å². The number of halogens is 13. The molecule has 4 N–H and O–H groups in total. The summed E-state index contributed by atoms with van der Waals surface area (Å²) in [6.07, 6.45) is -15.8. The van der Waals surface area contributed by atoms with Gasteiger partial charge in [0.15, 0.2) is 6.29 Å². The quantitative estimate of drug-likeness (QED) is 0.132. The van der Waals surface area contributed by atoms with Crippen molar-refractivity contribution in [1.82, 2.24) is 0 Å². The second kappa shape index (κ2) is 14.1. The second-order valence-electron chi connectivity index (χ2n) is 9.65. The van der Waals surface area contributed by atoms with Crippen molar-refractivity contribution < 1.29 is 87.0 Å². The molecule has 5 atom stereocenters. The van der Waals surface area contributed by atoms with Crippen LogP contribution in [0.15, 0.2) is 0 Å². The van der Waals surface area contributed by atoms with Gasteiger partial charge in [-0.25, -0.2) is 0 Å². The summed E-state index contributed by atoms with van der Waals surface area (Å²) < 4.78 is 180. The number of aliphatic hydroxyl groups excluding tert-OH is 4. The van der Waals surface area contributed by atoms with Gasteiger partial charge < -0.3 is 29.9 Å². The molecule has 1 aliphatic rings. The summed E-state index contributed by atoms with van der Waals surface area (Å²) in [6, 6.07) is 0. The highest BCUT2D eigenvalue weighted by atomic mass is 19.4. The first kappa shape index (κ1) is 37.9. The van der Waals surface area contributed by atoms with Gasteiger partial charge in [0.25, 0.3) is 0 Å². The molecule has 0 aromatic carbocycles. The van der Waals surface area contributed by atoms with E-state index in [4.69, 9.17) is 14.6 Å². The molecule has 0 saturated carbocycles. The van der Waals surface area contributed by atoms with Gasteiger partial charge >= 0.3 is 35.8 Å². The van der Waals surface area contributed by atoms with Crippen LogP contribution in [0.1, 0.15) is 57.8 Å². The third-order valence-electron chi connectivity index (χ3n) is 6.51. The monoisotopic (exact) mass is 638 g/mol. The van der Waals surface area contributed by atoms with Crippen LogP contribution in [0.25, 0.3) is 0 Å². The van der Waals surface area contributed by atoms with Gasteiger partial charge in [0, 0.05) is 13.0 Å². The topological polar surface area (TPSA) is 99.4 Å². The molecule has 1 aliphatic heterocycles. The number of ether oxygens (including phenoxy) is 2. The maximum absolute atomic E-state index is 13.7. The van der Waals surface area contributed by atoms with Gasteiger partial charge in [-0.3, -0.25) is 0 Å². The van der Waals surface area contributed by atoms with Crippen molar-refractivity contribution in [2.24, 2.45) is 0 Å². The van der Waals surface area contributed by atoms with Crippen LogP contribution < -0.4 is 0 Å². The van der Waals surface area contributed by atoms with Crippen molar-refractivity contribution in [3.05, 3.63) is 0 Å². The van der Waals surface area contributed by atoms with Crippen LogP contribution in [0.4, 0.5) is 57.1 Å². The maximum atomic E-state index is 13.7. The fourth-order valence-electron chi connectivity index (χ4n) is 3.87. The summed E-state index contributed by atoms with van der Waals surface area (Å²) >= 11 is 0. The normalized spacial score (nSPS) is 25.5. The van der Waals surface area contributed by atoms with Gasteiger partial charge in [-0.05, 0) is 12.8 Å². The molecule has 0 spiro atoms. The van der Waals surface area contributed by atoms with E-state index in [9.17, 15) is 72.4 Å². The standard InChI is InChI=1S/C22H31F13O6/c23-17(24,18(25,26)19(27,28)20(29,30)21(31,32)22(33,34)35)9-7-5-3-1-2-4-6-8-10-40-16-15(39)14(38)13(37)12(11-36)41-16/h12-16,36-39H,1-11H2/t12-,13-,14+,15-,16-/m1/s1. The zero-order valence-electron chi connectivity index (χ0n) is 21.2. The summed E-state index contributed by atoms with van der Waals surface area (Å²) in [7, 11) is 0. The molecule has 0 unspecified atom stereocenters. The molecule has 246 valence electrons. The molecule has 1 heterocycles. The maximum Gasteiger partial charge on any atom is 0.460 e. The van der Waals surface area contributed by atoms with E-state index in [1.54, 1.807) is 0 Å². The van der Waals surface area contributed by atoms with Crippen molar-refractivity contribution in [2.75, 3.05) is 13.2 Å². The van der Waals surface area contributed by atoms with Gasteiger partial charge in [-0.1, -0.05) is 38.5 Å². The number of alkyl halides is 13. The molecule has 0 aliphatic carbocycles. The number of hydrogen-bond acceptors (Lipinski definition) is 6. The molecule has 0 bridgehead atoms. The summed E-state index contributed by atoms with van der Waals surface area (Å²) in [4.78, 5) is 0. The summed E-state index contributed by atoms with van der Waals surface area (Å²) in [5.74, 6) is -36.6. The molecule has 0 amide bonds. The zero-order valence-corrected chi connectivity index (χ0v) is 21.2. The lowest BCUT2D eigenvalue weighted by atomic mass is 9.91. The highest BCUT2D eigenvalue weighted by molar-refractivity contribution is 5.10. The lowest BCUT2D eigenvalue weighted by molar-refractivity contribution is -0.440. The van der Waals surface area contributed by atoms with Gasteiger partial charge in [-0.2, -0.15) is 57.1 Å². The van der Waals surface area contributed by atoms with Crippen molar-refractivity contribution in [2.45, 2.75) is 124 Å². The summed E-state index contributed by atoms with van der Waals surface area (Å²) in [5.41, 5.74) is 0. The van der Waals surface area contributed by atoms with Crippen LogP contribution in [0.5, 0.6) is 0 Å². The molecule has 0 aromatic heterocycles. The van der Waals surface area contributed by atoms with Crippen LogP contribution in [-0.2, 0) is 9.47 Å². The molecule has 0 radical (unpaired) electrons. The highest BCUT2D eigenvalue weighted by Gasteiger charge is 2.90. The number of rotatable bonds is 17. The minimum absolute atomic E-state index is 0.0323. The van der Waals surface area contributed by atoms with E-state index in [0.717, 1.165) is 0 Å². The van der Waals surface area contributed by atoms with Crippen LogP contribution in [0.2, 0.25) is 0 Å². The first-order valence-corrected chi connectivity index (χ1v) is 12.4. The molecule has 1 rings (SSSR count). The summed E-state index contributed by atoms with van der Waals surface area (Å²) in [5, 5.41) is 38.3. The Morgan fingerprint density at radius 3 is 1.44 bits per heavy atom. The van der Waals surface area contributed by atoms with Crippen molar-refractivity contribution in [3.63, 3.8) is 0 Å². The molecule has 0 aromatic rings. The Bertz CT molecular complexity index is 794. The Morgan fingerprint density at radius 1 is 0.537 bits per heavy atom. The Morgan fingerprint density at radius 2 is 0.976 bits per heavy atom. The van der Waals surface area contributed by atoms with E-state index in [2.05, 4.69) is 0 Å². The summed E-state index contributed by atoms with van der Waals surface area (Å²) in [6.45, 7) is -0.612. The first-order chi connectivity index (χ1) is 18.5. The van der Waals surface area contributed by atoms with E-state index in [-0.39, 0.29) is 19.4 Å². The van der Waals surface area contributed by atoms with E-state index in [1.165, 1.54) is 0 Å². The minimum atomic E-state index is -7.88. The minimum Gasteiger partial charge on any atom is -0.394 e. The van der Waals surface area contributed by atoms with Crippen LogP contribution in [0, 0.1) is 0 Å². The molecule has 1 fully saturated rings. The Hall–Kier alpha value is -1.15. The van der Waals surface area contributed by atoms with Crippen LogP contribution >= 0.6 is 0 Å². The predicted octanol–water partition coefficient (Wildman–Crippen LogP) is 5.05. The van der Waals surface area contributed by atoms with Gasteiger partial charge in [0.05, 0.1) is 6.61 Å². The highest BCUT2D eigenvalue weighted by Crippen LogP contribution is 2.60. The zero-order chi connectivity index (χ0) is 32.1. The number of unbranched alkanes of at least 4 members (excludes halogenated alkanes) is 7. The number of aliphatic hydroxyl groups is 4. The first-order valence-electron chi connectivity index (χ1n) is 12.4. The van der Waals surface area contributed by atoms with Crippen molar-refractivity contribution in [3.8, 4) is 0 Å². The lowest BCUT2D eigenvalue weighted by Crippen LogP contribution is -2.70. The third kappa shape index (κ3) is 8.07. The lowest BCUT2D eigenvalue weighted by Gasteiger charge is -2.39. The Balaban J connectivity index is 2.39. The third-order valence-corrected chi connectivity index (χ3v) is 6.51. The largest absolute Gasteiger partial charge is 0.460 e. The predicted molar refractivity (Wildman–Crippen MR) is 112 cm³/mol. The average molecular weight is 638 g/mol. The van der Waals surface area contributed by atoms with Crippen LogP contribution in [0.3, 0.4) is 0 Å². The van der Waals surface area contributed by atoms with E-state index in [1.807, 2.05) is 0 Å². The molecule has 19 heteroatoms. The fraction of sp³-hybridized carbons (Fsp3) is 1.00. The van der Waals surface area contributed by atoms with Crippen molar-refractivity contribution >= 4 is 0 Å². The van der Waals surface area contributed by atoms with Crippen LogP contribution in [-0.4, -0.2) is 100 Å². The smallest absolute Gasteiger partial charge is 0.394 e. The van der Waals surface area contributed by atoms with Crippen molar-refractivity contribution in [1.29, 1.82) is 0 Å². The number of hydrogen-bond donors (Lipinski definition) is 4. The molecule has 41 heavy (non-hydrogen) atoms. The fourth-order valence-corrected chi connectivity index (χ4v) is 3.87. The van der Waals surface area contributed by atoms with Gasteiger partial charge in [0.2, 0.25) is 0 Å². The Labute approximate surface area is 225 Å². The second-order valence-corrected chi connectivity index (χ2v) is 9.65. The van der Waals surface area contributed by atoms with E-state index in [0.29, 0.717) is 32.1 Å². The van der Waals surface area contributed by atoms with E-state index >= 15 is 0 Å². The molecular formula is C22H31F13O6. The molecule has 1 saturated heterocycles.